The van der Waals surface area contributed by atoms with Crippen LogP contribution in [-0.2, 0) is 6.42 Å². The fraction of sp³-hybridized carbons (Fsp3) is 0.667. The number of aryl methyl sites for hydroxylation is 1. The molecule has 1 aromatic rings. The number of rotatable bonds is 3. The molecule has 1 heteroatoms. The second-order valence-corrected chi connectivity index (χ2v) is 7.23. The van der Waals surface area contributed by atoms with Crippen LogP contribution >= 0.6 is 0 Å². The number of hydrogen-bond acceptors (Lipinski definition) is 1. The lowest BCUT2D eigenvalue weighted by atomic mass is 9.67. The summed E-state index contributed by atoms with van der Waals surface area (Å²) in [5.74, 6) is 1.25. The number of aliphatic hydroxyl groups excluding tert-OH is 1. The van der Waals surface area contributed by atoms with Gasteiger partial charge in [-0.25, -0.2) is 0 Å². The van der Waals surface area contributed by atoms with E-state index in [0.717, 1.165) is 25.2 Å². The fourth-order valence-electron chi connectivity index (χ4n) is 3.34. The molecule has 106 valence electrons. The molecule has 3 unspecified atom stereocenters. The van der Waals surface area contributed by atoms with Gasteiger partial charge in [-0.1, -0.05) is 51.1 Å². The Morgan fingerprint density at radius 1 is 1.11 bits per heavy atom. The third-order valence-corrected chi connectivity index (χ3v) is 4.81. The molecule has 0 radical (unpaired) electrons. The van der Waals surface area contributed by atoms with Crippen molar-refractivity contribution in [3.63, 3.8) is 0 Å². The SMILES string of the molecule is CC(C)(C)C1CCC(O)C(CCc2ccccc2)C1. The minimum atomic E-state index is -0.0812. The Bertz CT molecular complexity index is 376. The van der Waals surface area contributed by atoms with Crippen molar-refractivity contribution in [2.24, 2.45) is 17.3 Å². The molecular weight excluding hydrogens is 232 g/mol. The van der Waals surface area contributed by atoms with Crippen molar-refractivity contribution in [2.75, 3.05) is 0 Å². The molecule has 2 rings (SSSR count). The first-order valence-corrected chi connectivity index (χ1v) is 7.69. The van der Waals surface area contributed by atoms with Gasteiger partial charge in [0.1, 0.15) is 0 Å². The van der Waals surface area contributed by atoms with Crippen LogP contribution in [0.5, 0.6) is 0 Å². The first-order chi connectivity index (χ1) is 8.97. The number of aliphatic hydroxyl groups is 1. The van der Waals surface area contributed by atoms with Crippen LogP contribution in [0.4, 0.5) is 0 Å². The first kappa shape index (κ1) is 14.6. The average molecular weight is 260 g/mol. The Labute approximate surface area is 118 Å². The van der Waals surface area contributed by atoms with E-state index in [1.165, 1.54) is 18.4 Å². The molecule has 1 fully saturated rings. The number of benzene rings is 1. The van der Waals surface area contributed by atoms with E-state index in [1.54, 1.807) is 0 Å². The van der Waals surface area contributed by atoms with Gasteiger partial charge in [-0.15, -0.1) is 0 Å². The summed E-state index contributed by atoms with van der Waals surface area (Å²) in [5, 5.41) is 10.2. The van der Waals surface area contributed by atoms with Crippen LogP contribution in [0.25, 0.3) is 0 Å². The van der Waals surface area contributed by atoms with E-state index < -0.39 is 0 Å². The van der Waals surface area contributed by atoms with Crippen LogP contribution in [0.3, 0.4) is 0 Å². The normalized spacial score (nSPS) is 28.3. The van der Waals surface area contributed by atoms with Crippen LogP contribution in [0.1, 0.15) is 52.0 Å². The largest absolute Gasteiger partial charge is 0.393 e. The molecule has 3 atom stereocenters. The van der Waals surface area contributed by atoms with Gasteiger partial charge in [0.05, 0.1) is 6.10 Å². The summed E-state index contributed by atoms with van der Waals surface area (Å²) < 4.78 is 0. The highest BCUT2D eigenvalue weighted by Gasteiger charge is 2.34. The molecule has 0 bridgehead atoms. The minimum absolute atomic E-state index is 0.0812. The molecule has 0 saturated heterocycles. The van der Waals surface area contributed by atoms with Gasteiger partial charge in [0.25, 0.3) is 0 Å². The standard InChI is InChI=1S/C18H28O/c1-18(2,3)16-11-12-17(19)15(13-16)10-9-14-7-5-4-6-8-14/h4-8,15-17,19H,9-13H2,1-3H3. The maximum Gasteiger partial charge on any atom is 0.0568 e. The summed E-state index contributed by atoms with van der Waals surface area (Å²) in [6.45, 7) is 7.01. The molecule has 0 aliphatic heterocycles. The van der Waals surface area contributed by atoms with Crippen LogP contribution in [0.15, 0.2) is 30.3 Å². The molecule has 1 saturated carbocycles. The molecule has 0 spiro atoms. The summed E-state index contributed by atoms with van der Waals surface area (Å²) in [6.07, 6.45) is 5.50. The lowest BCUT2D eigenvalue weighted by Gasteiger charge is -2.40. The third kappa shape index (κ3) is 4.07. The highest BCUT2D eigenvalue weighted by molar-refractivity contribution is 5.14. The maximum absolute atomic E-state index is 10.2. The molecule has 19 heavy (non-hydrogen) atoms. The number of hydrogen-bond donors (Lipinski definition) is 1. The van der Waals surface area contributed by atoms with Crippen molar-refractivity contribution in [3.05, 3.63) is 35.9 Å². The van der Waals surface area contributed by atoms with Gasteiger partial charge in [-0.3, -0.25) is 0 Å². The zero-order valence-corrected chi connectivity index (χ0v) is 12.6. The van der Waals surface area contributed by atoms with Gasteiger partial charge in [0, 0.05) is 0 Å². The summed E-state index contributed by atoms with van der Waals surface area (Å²) in [7, 11) is 0. The second-order valence-electron chi connectivity index (χ2n) is 7.23. The Kier molecular flexibility index (Phi) is 4.67. The molecule has 0 heterocycles. The fourth-order valence-corrected chi connectivity index (χ4v) is 3.34. The second kappa shape index (κ2) is 6.09. The van der Waals surface area contributed by atoms with Crippen molar-refractivity contribution < 1.29 is 5.11 Å². The molecule has 1 nitrogen and oxygen atoms in total. The van der Waals surface area contributed by atoms with E-state index in [2.05, 4.69) is 51.1 Å². The zero-order valence-electron chi connectivity index (χ0n) is 12.6. The molecule has 1 N–H and O–H groups in total. The maximum atomic E-state index is 10.2. The monoisotopic (exact) mass is 260 g/mol. The highest BCUT2D eigenvalue weighted by Crippen LogP contribution is 2.41. The predicted molar refractivity (Wildman–Crippen MR) is 81.1 cm³/mol. The lowest BCUT2D eigenvalue weighted by Crippen LogP contribution is -2.34. The first-order valence-electron chi connectivity index (χ1n) is 7.69. The van der Waals surface area contributed by atoms with Crippen molar-refractivity contribution in [2.45, 2.75) is 59.0 Å². The van der Waals surface area contributed by atoms with Crippen LogP contribution in [0, 0.1) is 17.3 Å². The summed E-state index contributed by atoms with van der Waals surface area (Å²) >= 11 is 0. The molecule has 1 aliphatic carbocycles. The van der Waals surface area contributed by atoms with Crippen molar-refractivity contribution >= 4 is 0 Å². The van der Waals surface area contributed by atoms with Gasteiger partial charge in [0.2, 0.25) is 0 Å². The highest BCUT2D eigenvalue weighted by atomic mass is 16.3. The van der Waals surface area contributed by atoms with E-state index in [4.69, 9.17) is 0 Å². The minimum Gasteiger partial charge on any atom is -0.393 e. The van der Waals surface area contributed by atoms with Gasteiger partial charge in [0.15, 0.2) is 0 Å². The topological polar surface area (TPSA) is 20.2 Å². The molecule has 1 aliphatic rings. The average Bonchev–Trinajstić information content (AvgIpc) is 2.37. The molecule has 1 aromatic carbocycles. The van der Waals surface area contributed by atoms with Gasteiger partial charge in [-0.2, -0.15) is 0 Å². The zero-order chi connectivity index (χ0) is 13.9. The summed E-state index contributed by atoms with van der Waals surface area (Å²) in [4.78, 5) is 0. The summed E-state index contributed by atoms with van der Waals surface area (Å²) in [5.41, 5.74) is 1.78. The molecule has 0 aromatic heterocycles. The van der Waals surface area contributed by atoms with E-state index in [0.29, 0.717) is 11.3 Å². The summed E-state index contributed by atoms with van der Waals surface area (Å²) in [6, 6.07) is 10.6. The van der Waals surface area contributed by atoms with Crippen molar-refractivity contribution in [1.82, 2.24) is 0 Å². The van der Waals surface area contributed by atoms with Gasteiger partial charge in [-0.05, 0) is 54.9 Å². The Balaban J connectivity index is 1.91. The Hall–Kier alpha value is -0.820. The van der Waals surface area contributed by atoms with Crippen molar-refractivity contribution in [1.29, 1.82) is 0 Å². The van der Waals surface area contributed by atoms with E-state index in [1.807, 2.05) is 0 Å². The predicted octanol–water partition coefficient (Wildman–Crippen LogP) is 4.44. The third-order valence-electron chi connectivity index (χ3n) is 4.81. The van der Waals surface area contributed by atoms with Crippen LogP contribution in [-0.4, -0.2) is 11.2 Å². The van der Waals surface area contributed by atoms with Crippen molar-refractivity contribution in [3.8, 4) is 0 Å². The molecular formula is C18H28O. The quantitative estimate of drug-likeness (QED) is 0.851. The van der Waals surface area contributed by atoms with E-state index in [-0.39, 0.29) is 6.10 Å². The Morgan fingerprint density at radius 3 is 2.42 bits per heavy atom. The lowest BCUT2D eigenvalue weighted by molar-refractivity contribution is 0.0160. The molecule has 0 amide bonds. The van der Waals surface area contributed by atoms with Gasteiger partial charge < -0.3 is 5.11 Å². The van der Waals surface area contributed by atoms with E-state index in [9.17, 15) is 5.11 Å². The van der Waals surface area contributed by atoms with Crippen LogP contribution in [0.2, 0.25) is 0 Å². The van der Waals surface area contributed by atoms with E-state index >= 15 is 0 Å². The smallest absolute Gasteiger partial charge is 0.0568 e. The van der Waals surface area contributed by atoms with Gasteiger partial charge >= 0.3 is 0 Å². The van der Waals surface area contributed by atoms with Crippen LogP contribution < -0.4 is 0 Å². The Morgan fingerprint density at radius 2 is 1.79 bits per heavy atom.